The zero-order valence-electron chi connectivity index (χ0n) is 8.43. The second-order valence-electron chi connectivity index (χ2n) is 3.86. The molecule has 0 aliphatic heterocycles. The number of benzene rings is 1. The third-order valence-electron chi connectivity index (χ3n) is 2.83. The van der Waals surface area contributed by atoms with Crippen molar-refractivity contribution in [2.45, 2.75) is 33.1 Å². The Morgan fingerprint density at radius 3 is 2.85 bits per heavy atom. The normalized spacial score (nSPS) is 15.1. The van der Waals surface area contributed by atoms with Crippen molar-refractivity contribution < 1.29 is 0 Å². The Kier molecular flexibility index (Phi) is 2.22. The fourth-order valence-electron chi connectivity index (χ4n) is 1.96. The molecule has 13 heavy (non-hydrogen) atoms. The standard InChI is InChI=1S/C13H16/c1-3-11-5-7-12-8-10(2)4-6-13(12)9-11/h4,6,8-9H,3,5,7H2,1-2H3. The van der Waals surface area contributed by atoms with E-state index in [1.165, 1.54) is 36.0 Å². The molecular weight excluding hydrogens is 156 g/mol. The summed E-state index contributed by atoms with van der Waals surface area (Å²) in [6.07, 6.45) is 6.05. The van der Waals surface area contributed by atoms with Crippen LogP contribution in [0.5, 0.6) is 0 Å². The summed E-state index contributed by atoms with van der Waals surface area (Å²) in [5.41, 5.74) is 5.94. The van der Waals surface area contributed by atoms with Crippen molar-refractivity contribution in [2.75, 3.05) is 0 Å². The van der Waals surface area contributed by atoms with Crippen molar-refractivity contribution >= 4 is 6.08 Å². The Morgan fingerprint density at radius 2 is 2.08 bits per heavy atom. The van der Waals surface area contributed by atoms with Gasteiger partial charge in [-0.25, -0.2) is 0 Å². The molecule has 0 heterocycles. The second kappa shape index (κ2) is 3.37. The quantitative estimate of drug-likeness (QED) is 0.605. The largest absolute Gasteiger partial charge is 0.0696 e. The number of allylic oxidation sites excluding steroid dienone is 1. The van der Waals surface area contributed by atoms with Crippen molar-refractivity contribution in [3.8, 4) is 0 Å². The molecule has 0 saturated heterocycles. The van der Waals surface area contributed by atoms with Gasteiger partial charge in [-0.2, -0.15) is 0 Å². The zero-order chi connectivity index (χ0) is 9.26. The maximum Gasteiger partial charge on any atom is -0.0225 e. The maximum atomic E-state index is 2.36. The van der Waals surface area contributed by atoms with E-state index in [9.17, 15) is 0 Å². The van der Waals surface area contributed by atoms with Crippen LogP contribution in [-0.4, -0.2) is 0 Å². The number of aryl methyl sites for hydroxylation is 2. The average Bonchev–Trinajstić information content (AvgIpc) is 2.17. The van der Waals surface area contributed by atoms with Gasteiger partial charge >= 0.3 is 0 Å². The van der Waals surface area contributed by atoms with Crippen LogP contribution in [0.1, 0.15) is 36.5 Å². The summed E-state index contributed by atoms with van der Waals surface area (Å²) in [7, 11) is 0. The molecule has 1 aromatic carbocycles. The summed E-state index contributed by atoms with van der Waals surface area (Å²) in [6, 6.07) is 6.77. The minimum atomic E-state index is 1.20. The predicted molar refractivity (Wildman–Crippen MR) is 57.8 cm³/mol. The van der Waals surface area contributed by atoms with Gasteiger partial charge in [0.05, 0.1) is 0 Å². The van der Waals surface area contributed by atoms with Crippen molar-refractivity contribution in [3.05, 3.63) is 40.5 Å². The average molecular weight is 172 g/mol. The van der Waals surface area contributed by atoms with E-state index < -0.39 is 0 Å². The van der Waals surface area contributed by atoms with E-state index in [4.69, 9.17) is 0 Å². The first-order valence-electron chi connectivity index (χ1n) is 5.08. The van der Waals surface area contributed by atoms with Crippen LogP contribution in [0.3, 0.4) is 0 Å². The van der Waals surface area contributed by atoms with E-state index >= 15 is 0 Å². The summed E-state index contributed by atoms with van der Waals surface area (Å²) in [6.45, 7) is 4.41. The van der Waals surface area contributed by atoms with Gasteiger partial charge in [-0.05, 0) is 37.3 Å². The van der Waals surface area contributed by atoms with Crippen LogP contribution in [0.15, 0.2) is 23.8 Å². The van der Waals surface area contributed by atoms with E-state index in [0.29, 0.717) is 0 Å². The number of fused-ring (bicyclic) bond motifs is 1. The summed E-state index contributed by atoms with van der Waals surface area (Å²) in [5.74, 6) is 0. The van der Waals surface area contributed by atoms with Crippen LogP contribution in [0.25, 0.3) is 6.08 Å². The number of hydrogen-bond acceptors (Lipinski definition) is 0. The Labute approximate surface area is 80.3 Å². The highest BCUT2D eigenvalue weighted by molar-refractivity contribution is 5.60. The molecule has 1 aliphatic rings. The molecule has 0 aromatic heterocycles. The van der Waals surface area contributed by atoms with Crippen LogP contribution in [0, 0.1) is 6.92 Å². The van der Waals surface area contributed by atoms with E-state index in [1.807, 2.05) is 0 Å². The molecule has 0 bridgehead atoms. The van der Waals surface area contributed by atoms with Gasteiger partial charge in [0, 0.05) is 0 Å². The smallest absolute Gasteiger partial charge is 0.0225 e. The first-order chi connectivity index (χ1) is 6.29. The predicted octanol–water partition coefficient (Wildman–Crippen LogP) is 3.73. The summed E-state index contributed by atoms with van der Waals surface area (Å²) >= 11 is 0. The van der Waals surface area contributed by atoms with Gasteiger partial charge in [-0.1, -0.05) is 42.3 Å². The van der Waals surface area contributed by atoms with Crippen molar-refractivity contribution in [1.82, 2.24) is 0 Å². The molecule has 0 amide bonds. The monoisotopic (exact) mass is 172 g/mol. The molecule has 0 nitrogen and oxygen atoms in total. The van der Waals surface area contributed by atoms with Gasteiger partial charge in [0.15, 0.2) is 0 Å². The molecule has 1 aliphatic carbocycles. The van der Waals surface area contributed by atoms with E-state index in [-0.39, 0.29) is 0 Å². The van der Waals surface area contributed by atoms with Crippen LogP contribution in [0.2, 0.25) is 0 Å². The molecule has 0 heteroatoms. The highest BCUT2D eigenvalue weighted by atomic mass is 14.1. The molecule has 0 spiro atoms. The molecule has 68 valence electrons. The highest BCUT2D eigenvalue weighted by Crippen LogP contribution is 2.25. The molecule has 0 N–H and O–H groups in total. The van der Waals surface area contributed by atoms with Crippen molar-refractivity contribution in [2.24, 2.45) is 0 Å². The van der Waals surface area contributed by atoms with E-state index in [1.54, 1.807) is 5.57 Å². The minimum absolute atomic E-state index is 1.20. The van der Waals surface area contributed by atoms with Gasteiger partial charge < -0.3 is 0 Å². The van der Waals surface area contributed by atoms with Crippen LogP contribution in [-0.2, 0) is 6.42 Å². The zero-order valence-corrected chi connectivity index (χ0v) is 8.43. The third kappa shape index (κ3) is 1.67. The Morgan fingerprint density at radius 1 is 1.23 bits per heavy atom. The lowest BCUT2D eigenvalue weighted by molar-refractivity contribution is 0.874. The van der Waals surface area contributed by atoms with Crippen LogP contribution < -0.4 is 0 Å². The first-order valence-corrected chi connectivity index (χ1v) is 5.08. The Bertz CT molecular complexity index is 345. The van der Waals surface area contributed by atoms with Gasteiger partial charge in [-0.15, -0.1) is 0 Å². The lowest BCUT2D eigenvalue weighted by Gasteiger charge is -2.15. The van der Waals surface area contributed by atoms with E-state index in [2.05, 4.69) is 38.1 Å². The highest BCUT2D eigenvalue weighted by Gasteiger charge is 2.08. The molecule has 1 aromatic rings. The lowest BCUT2D eigenvalue weighted by Crippen LogP contribution is -1.98. The fourth-order valence-corrected chi connectivity index (χ4v) is 1.96. The van der Waals surface area contributed by atoms with E-state index in [0.717, 1.165) is 0 Å². The first kappa shape index (κ1) is 8.55. The maximum absolute atomic E-state index is 2.36. The topological polar surface area (TPSA) is 0 Å². The molecule has 2 rings (SSSR count). The van der Waals surface area contributed by atoms with Crippen molar-refractivity contribution in [3.63, 3.8) is 0 Å². The number of rotatable bonds is 1. The fraction of sp³-hybridized carbons (Fsp3) is 0.385. The Hall–Kier alpha value is -1.04. The molecular formula is C13H16. The second-order valence-corrected chi connectivity index (χ2v) is 3.86. The molecule has 0 saturated carbocycles. The SMILES string of the molecule is CCC1=Cc2ccc(C)cc2CC1. The summed E-state index contributed by atoms with van der Waals surface area (Å²) in [5, 5.41) is 0. The van der Waals surface area contributed by atoms with Crippen molar-refractivity contribution in [1.29, 1.82) is 0 Å². The third-order valence-corrected chi connectivity index (χ3v) is 2.83. The molecule has 0 atom stereocenters. The minimum Gasteiger partial charge on any atom is -0.0696 e. The van der Waals surface area contributed by atoms with Crippen LogP contribution in [0.4, 0.5) is 0 Å². The van der Waals surface area contributed by atoms with Gasteiger partial charge in [-0.3, -0.25) is 0 Å². The molecule has 0 radical (unpaired) electrons. The Balaban J connectivity index is 2.42. The van der Waals surface area contributed by atoms with Gasteiger partial charge in [0.25, 0.3) is 0 Å². The summed E-state index contributed by atoms with van der Waals surface area (Å²) in [4.78, 5) is 0. The lowest BCUT2D eigenvalue weighted by atomic mass is 9.90. The van der Waals surface area contributed by atoms with Gasteiger partial charge in [0.2, 0.25) is 0 Å². The van der Waals surface area contributed by atoms with Crippen LogP contribution >= 0.6 is 0 Å². The van der Waals surface area contributed by atoms with Gasteiger partial charge in [0.1, 0.15) is 0 Å². The number of hydrogen-bond donors (Lipinski definition) is 0. The summed E-state index contributed by atoms with van der Waals surface area (Å²) < 4.78 is 0. The molecule has 0 fully saturated rings. The molecule has 0 unspecified atom stereocenters.